The maximum absolute atomic E-state index is 4.75. The number of hydrogen-bond donors (Lipinski definition) is 1. The van der Waals surface area contributed by atoms with Crippen molar-refractivity contribution in [2.24, 2.45) is 11.8 Å². The highest BCUT2D eigenvalue weighted by molar-refractivity contribution is 5.34. The molecule has 1 N–H and O–H groups in total. The highest BCUT2D eigenvalue weighted by Gasteiger charge is 2.22. The molecule has 114 valence electrons. The molecular weight excluding hydrogens is 248 g/mol. The molecule has 1 aromatic heterocycles. The van der Waals surface area contributed by atoms with Crippen LogP contribution in [0.3, 0.4) is 0 Å². The van der Waals surface area contributed by atoms with E-state index in [1.807, 2.05) is 7.05 Å². The van der Waals surface area contributed by atoms with Crippen molar-refractivity contribution in [2.75, 3.05) is 31.6 Å². The number of aromatic nitrogens is 2. The SMILES string of the molecule is CNCCC1CCN(c2nc(C)cn2CC(C)C)CC1. The van der Waals surface area contributed by atoms with E-state index < -0.39 is 0 Å². The Morgan fingerprint density at radius 1 is 1.35 bits per heavy atom. The molecule has 2 rings (SSSR count). The van der Waals surface area contributed by atoms with Crippen LogP contribution in [0.2, 0.25) is 0 Å². The van der Waals surface area contributed by atoms with Crippen LogP contribution in [0, 0.1) is 18.8 Å². The van der Waals surface area contributed by atoms with Gasteiger partial charge in [0.1, 0.15) is 0 Å². The number of piperidine rings is 1. The molecule has 0 spiro atoms. The quantitative estimate of drug-likeness (QED) is 0.868. The van der Waals surface area contributed by atoms with Gasteiger partial charge < -0.3 is 14.8 Å². The van der Waals surface area contributed by atoms with E-state index in [0.717, 1.165) is 37.8 Å². The van der Waals surface area contributed by atoms with Gasteiger partial charge >= 0.3 is 0 Å². The van der Waals surface area contributed by atoms with Gasteiger partial charge in [-0.15, -0.1) is 0 Å². The van der Waals surface area contributed by atoms with Crippen LogP contribution in [-0.2, 0) is 6.54 Å². The summed E-state index contributed by atoms with van der Waals surface area (Å²) in [5.41, 5.74) is 1.14. The molecule has 0 aliphatic carbocycles. The van der Waals surface area contributed by atoms with Crippen LogP contribution in [0.4, 0.5) is 5.95 Å². The fourth-order valence-corrected chi connectivity index (χ4v) is 3.08. The lowest BCUT2D eigenvalue weighted by Gasteiger charge is -2.33. The van der Waals surface area contributed by atoms with Gasteiger partial charge in [0.25, 0.3) is 0 Å². The maximum atomic E-state index is 4.75. The highest BCUT2D eigenvalue weighted by Crippen LogP contribution is 2.25. The molecule has 2 heterocycles. The molecule has 1 aliphatic rings. The molecule has 0 radical (unpaired) electrons. The van der Waals surface area contributed by atoms with E-state index in [9.17, 15) is 0 Å². The van der Waals surface area contributed by atoms with E-state index >= 15 is 0 Å². The molecule has 1 aromatic rings. The maximum Gasteiger partial charge on any atom is 0.205 e. The Hall–Kier alpha value is -1.03. The van der Waals surface area contributed by atoms with Gasteiger partial charge in [-0.25, -0.2) is 4.98 Å². The Bertz CT molecular complexity index is 403. The van der Waals surface area contributed by atoms with Gasteiger partial charge in [-0.3, -0.25) is 0 Å². The fourth-order valence-electron chi connectivity index (χ4n) is 3.08. The topological polar surface area (TPSA) is 33.1 Å². The minimum Gasteiger partial charge on any atom is -0.342 e. The minimum absolute atomic E-state index is 0.663. The van der Waals surface area contributed by atoms with Crippen molar-refractivity contribution in [3.05, 3.63) is 11.9 Å². The summed E-state index contributed by atoms with van der Waals surface area (Å²) in [7, 11) is 2.04. The third-order valence-electron chi connectivity index (χ3n) is 4.14. The molecule has 0 unspecified atom stereocenters. The van der Waals surface area contributed by atoms with Gasteiger partial charge in [-0.2, -0.15) is 0 Å². The lowest BCUT2D eigenvalue weighted by molar-refractivity contribution is 0.372. The van der Waals surface area contributed by atoms with Crippen LogP contribution in [0.15, 0.2) is 6.20 Å². The number of nitrogens with zero attached hydrogens (tertiary/aromatic N) is 3. The Balaban J connectivity index is 1.96. The first-order valence-electron chi connectivity index (χ1n) is 8.03. The minimum atomic E-state index is 0.663. The zero-order valence-corrected chi connectivity index (χ0v) is 13.5. The first-order valence-corrected chi connectivity index (χ1v) is 8.03. The number of nitrogens with one attached hydrogen (secondary N) is 1. The molecule has 1 aliphatic heterocycles. The van der Waals surface area contributed by atoms with Crippen LogP contribution in [0.25, 0.3) is 0 Å². The Morgan fingerprint density at radius 2 is 2.05 bits per heavy atom. The predicted octanol–water partition coefficient (Wildman–Crippen LogP) is 2.67. The first kappa shape index (κ1) is 15.4. The van der Waals surface area contributed by atoms with E-state index in [1.54, 1.807) is 0 Å². The van der Waals surface area contributed by atoms with E-state index in [4.69, 9.17) is 4.98 Å². The predicted molar refractivity (Wildman–Crippen MR) is 85.3 cm³/mol. The van der Waals surface area contributed by atoms with E-state index in [-0.39, 0.29) is 0 Å². The van der Waals surface area contributed by atoms with Crippen molar-refractivity contribution in [1.82, 2.24) is 14.9 Å². The van der Waals surface area contributed by atoms with Crippen molar-refractivity contribution in [3.8, 4) is 0 Å². The summed E-state index contributed by atoms with van der Waals surface area (Å²) >= 11 is 0. The normalized spacial score (nSPS) is 17.1. The molecule has 4 heteroatoms. The summed E-state index contributed by atoms with van der Waals surface area (Å²) in [5, 5.41) is 3.26. The van der Waals surface area contributed by atoms with Gasteiger partial charge in [0.05, 0.1) is 5.69 Å². The molecule has 4 nitrogen and oxygen atoms in total. The van der Waals surface area contributed by atoms with Gasteiger partial charge in [-0.05, 0) is 51.6 Å². The van der Waals surface area contributed by atoms with Gasteiger partial charge in [-0.1, -0.05) is 13.8 Å². The van der Waals surface area contributed by atoms with Gasteiger partial charge in [0.2, 0.25) is 5.95 Å². The molecule has 20 heavy (non-hydrogen) atoms. The van der Waals surface area contributed by atoms with Crippen molar-refractivity contribution in [2.45, 2.75) is 46.6 Å². The summed E-state index contributed by atoms with van der Waals surface area (Å²) in [6.07, 6.45) is 6.11. The van der Waals surface area contributed by atoms with Gasteiger partial charge in [0, 0.05) is 25.8 Å². The Labute approximate surface area is 123 Å². The molecule has 0 amide bonds. The van der Waals surface area contributed by atoms with Crippen LogP contribution >= 0.6 is 0 Å². The molecule has 0 bridgehead atoms. The molecule has 1 fully saturated rings. The largest absolute Gasteiger partial charge is 0.342 e. The third-order valence-corrected chi connectivity index (χ3v) is 4.14. The Morgan fingerprint density at radius 3 is 2.65 bits per heavy atom. The second-order valence-corrected chi connectivity index (χ2v) is 6.55. The molecule has 0 atom stereocenters. The number of rotatable bonds is 6. The lowest BCUT2D eigenvalue weighted by atomic mass is 9.94. The smallest absolute Gasteiger partial charge is 0.205 e. The average molecular weight is 278 g/mol. The summed E-state index contributed by atoms with van der Waals surface area (Å²) in [6, 6.07) is 0. The fraction of sp³-hybridized carbons (Fsp3) is 0.812. The van der Waals surface area contributed by atoms with Crippen LogP contribution in [-0.4, -0.2) is 36.2 Å². The van der Waals surface area contributed by atoms with Crippen LogP contribution < -0.4 is 10.2 Å². The van der Waals surface area contributed by atoms with E-state index in [1.165, 1.54) is 25.2 Å². The van der Waals surface area contributed by atoms with Gasteiger partial charge in [0.15, 0.2) is 0 Å². The van der Waals surface area contributed by atoms with E-state index in [2.05, 4.69) is 41.8 Å². The summed E-state index contributed by atoms with van der Waals surface area (Å²) in [5.74, 6) is 2.73. The van der Waals surface area contributed by atoms with Crippen molar-refractivity contribution in [3.63, 3.8) is 0 Å². The summed E-state index contributed by atoms with van der Waals surface area (Å²) in [4.78, 5) is 7.23. The van der Waals surface area contributed by atoms with Crippen molar-refractivity contribution in [1.29, 1.82) is 0 Å². The molecule has 1 saturated heterocycles. The average Bonchev–Trinajstić information content (AvgIpc) is 2.77. The number of anilines is 1. The lowest BCUT2D eigenvalue weighted by Crippen LogP contribution is -2.36. The number of hydrogen-bond acceptors (Lipinski definition) is 3. The number of imidazole rings is 1. The zero-order valence-electron chi connectivity index (χ0n) is 13.5. The monoisotopic (exact) mass is 278 g/mol. The second kappa shape index (κ2) is 7.11. The summed E-state index contributed by atoms with van der Waals surface area (Å²) in [6.45, 7) is 11.2. The first-order chi connectivity index (χ1) is 9.60. The van der Waals surface area contributed by atoms with Crippen molar-refractivity contribution < 1.29 is 0 Å². The van der Waals surface area contributed by atoms with Crippen LogP contribution in [0.5, 0.6) is 0 Å². The zero-order chi connectivity index (χ0) is 14.5. The van der Waals surface area contributed by atoms with Crippen LogP contribution in [0.1, 0.15) is 38.8 Å². The number of aryl methyl sites for hydroxylation is 1. The van der Waals surface area contributed by atoms with E-state index in [0.29, 0.717) is 5.92 Å². The third kappa shape index (κ3) is 3.98. The summed E-state index contributed by atoms with van der Waals surface area (Å²) < 4.78 is 2.34. The van der Waals surface area contributed by atoms with Crippen molar-refractivity contribution >= 4 is 5.95 Å². The molecule has 0 saturated carbocycles. The standard InChI is InChI=1S/C16H30N4/c1-13(2)11-20-12-14(3)18-16(20)19-9-6-15(7-10-19)5-8-17-4/h12-13,15,17H,5-11H2,1-4H3. The molecule has 0 aromatic carbocycles. The highest BCUT2D eigenvalue weighted by atomic mass is 15.3. The second-order valence-electron chi connectivity index (χ2n) is 6.55. The molecular formula is C16H30N4. The Kier molecular flexibility index (Phi) is 5.46.